The van der Waals surface area contributed by atoms with Crippen molar-refractivity contribution >= 4 is 10.0 Å². The number of sulfonamides is 1. The van der Waals surface area contributed by atoms with Crippen LogP contribution in [-0.4, -0.2) is 39.5 Å². The van der Waals surface area contributed by atoms with Crippen molar-refractivity contribution in [3.63, 3.8) is 0 Å². The molecule has 0 atom stereocenters. The molecule has 0 amide bonds. The van der Waals surface area contributed by atoms with Gasteiger partial charge < -0.3 is 4.90 Å². The van der Waals surface area contributed by atoms with Crippen molar-refractivity contribution in [2.24, 2.45) is 0 Å². The number of nitrogens with one attached hydrogen (secondary N) is 1. The SMILES string of the molecule is CCN(CC)CCCNS(=O)(=O)c1cccc(C)c1C#N. The Kier molecular flexibility index (Phi) is 6.82. The maximum absolute atomic E-state index is 12.3. The zero-order valence-corrected chi connectivity index (χ0v) is 13.7. The Labute approximate surface area is 127 Å². The standard InChI is InChI=1S/C15H23N3O2S/c1-4-18(5-2)11-7-10-17-21(19,20)15-9-6-8-13(3)14(15)12-16/h6,8-9,17H,4-5,7,10-11H2,1-3H3. The van der Waals surface area contributed by atoms with Crippen LogP contribution in [0.15, 0.2) is 23.1 Å². The van der Waals surface area contributed by atoms with Gasteiger partial charge in [0.05, 0.1) is 10.5 Å². The molecule has 0 aliphatic rings. The van der Waals surface area contributed by atoms with E-state index < -0.39 is 10.0 Å². The Hall–Kier alpha value is -1.42. The van der Waals surface area contributed by atoms with E-state index in [2.05, 4.69) is 23.5 Å². The van der Waals surface area contributed by atoms with E-state index in [0.29, 0.717) is 12.1 Å². The number of hydrogen-bond donors (Lipinski definition) is 1. The maximum atomic E-state index is 12.3. The van der Waals surface area contributed by atoms with E-state index in [1.54, 1.807) is 19.1 Å². The molecule has 0 saturated heterocycles. The lowest BCUT2D eigenvalue weighted by Crippen LogP contribution is -2.30. The monoisotopic (exact) mass is 309 g/mol. The molecule has 0 spiro atoms. The fraction of sp³-hybridized carbons (Fsp3) is 0.533. The van der Waals surface area contributed by atoms with Crippen LogP contribution in [-0.2, 0) is 10.0 Å². The van der Waals surface area contributed by atoms with Crippen LogP contribution in [0.4, 0.5) is 0 Å². The van der Waals surface area contributed by atoms with Crippen molar-refractivity contribution in [3.8, 4) is 6.07 Å². The maximum Gasteiger partial charge on any atom is 0.241 e. The summed E-state index contributed by atoms with van der Waals surface area (Å²) in [5.41, 5.74) is 0.886. The molecule has 0 aliphatic heterocycles. The minimum absolute atomic E-state index is 0.0628. The van der Waals surface area contributed by atoms with Gasteiger partial charge in [0.1, 0.15) is 6.07 Å². The van der Waals surface area contributed by atoms with E-state index in [1.165, 1.54) is 6.07 Å². The summed E-state index contributed by atoms with van der Waals surface area (Å²) < 4.78 is 27.1. The quantitative estimate of drug-likeness (QED) is 0.744. The van der Waals surface area contributed by atoms with E-state index in [4.69, 9.17) is 5.26 Å². The highest BCUT2D eigenvalue weighted by molar-refractivity contribution is 7.89. The molecule has 0 saturated carbocycles. The molecule has 1 aromatic carbocycles. The molecule has 0 bridgehead atoms. The first-order valence-corrected chi connectivity index (χ1v) is 8.66. The van der Waals surface area contributed by atoms with E-state index in [9.17, 15) is 8.42 Å². The van der Waals surface area contributed by atoms with Crippen LogP contribution in [0.2, 0.25) is 0 Å². The summed E-state index contributed by atoms with van der Waals surface area (Å²) in [6.45, 7) is 9.04. The third kappa shape index (κ3) is 4.81. The van der Waals surface area contributed by atoms with Gasteiger partial charge in [-0.05, 0) is 44.6 Å². The molecule has 116 valence electrons. The fourth-order valence-electron chi connectivity index (χ4n) is 2.13. The van der Waals surface area contributed by atoms with Crippen molar-refractivity contribution in [1.82, 2.24) is 9.62 Å². The van der Waals surface area contributed by atoms with Crippen LogP contribution in [0, 0.1) is 18.3 Å². The van der Waals surface area contributed by atoms with Crippen molar-refractivity contribution in [2.75, 3.05) is 26.2 Å². The average molecular weight is 309 g/mol. The predicted molar refractivity (Wildman–Crippen MR) is 83.5 cm³/mol. The normalized spacial score (nSPS) is 11.6. The fourth-order valence-corrected chi connectivity index (χ4v) is 3.44. The minimum Gasteiger partial charge on any atom is -0.304 e. The van der Waals surface area contributed by atoms with Gasteiger partial charge in [-0.25, -0.2) is 13.1 Å². The molecular formula is C15H23N3O2S. The van der Waals surface area contributed by atoms with E-state index in [1.807, 2.05) is 6.07 Å². The van der Waals surface area contributed by atoms with E-state index in [0.717, 1.165) is 26.1 Å². The molecule has 21 heavy (non-hydrogen) atoms. The molecule has 1 aromatic rings. The summed E-state index contributed by atoms with van der Waals surface area (Å²) in [4.78, 5) is 2.30. The number of aryl methyl sites for hydroxylation is 1. The molecule has 1 rings (SSSR count). The molecule has 5 nitrogen and oxygen atoms in total. The van der Waals surface area contributed by atoms with Gasteiger partial charge in [-0.1, -0.05) is 26.0 Å². The highest BCUT2D eigenvalue weighted by Crippen LogP contribution is 2.18. The lowest BCUT2D eigenvalue weighted by molar-refractivity contribution is 0.300. The highest BCUT2D eigenvalue weighted by atomic mass is 32.2. The predicted octanol–water partition coefficient (Wildman–Crippen LogP) is 1.88. The minimum atomic E-state index is -3.63. The molecule has 0 radical (unpaired) electrons. The first kappa shape index (κ1) is 17.6. The molecule has 0 heterocycles. The third-order valence-electron chi connectivity index (χ3n) is 3.47. The first-order valence-electron chi connectivity index (χ1n) is 7.18. The van der Waals surface area contributed by atoms with Crippen molar-refractivity contribution in [3.05, 3.63) is 29.3 Å². The van der Waals surface area contributed by atoms with Crippen LogP contribution in [0.1, 0.15) is 31.4 Å². The van der Waals surface area contributed by atoms with Crippen molar-refractivity contribution < 1.29 is 8.42 Å². The van der Waals surface area contributed by atoms with Crippen LogP contribution >= 0.6 is 0 Å². The number of rotatable bonds is 8. The van der Waals surface area contributed by atoms with Crippen LogP contribution in [0.25, 0.3) is 0 Å². The third-order valence-corrected chi connectivity index (χ3v) is 4.98. The van der Waals surface area contributed by atoms with Crippen molar-refractivity contribution in [1.29, 1.82) is 5.26 Å². The largest absolute Gasteiger partial charge is 0.304 e. The van der Waals surface area contributed by atoms with Gasteiger partial charge >= 0.3 is 0 Å². The molecule has 0 fully saturated rings. The van der Waals surface area contributed by atoms with Gasteiger partial charge in [-0.15, -0.1) is 0 Å². The molecule has 1 N–H and O–H groups in total. The first-order chi connectivity index (χ1) is 9.96. The van der Waals surface area contributed by atoms with Gasteiger partial charge in [0, 0.05) is 6.54 Å². The number of nitriles is 1. The summed E-state index contributed by atoms with van der Waals surface area (Å²) in [7, 11) is -3.63. The Morgan fingerprint density at radius 2 is 1.95 bits per heavy atom. The zero-order chi connectivity index (χ0) is 15.9. The lowest BCUT2D eigenvalue weighted by Gasteiger charge is -2.17. The Morgan fingerprint density at radius 3 is 2.52 bits per heavy atom. The molecule has 0 aliphatic carbocycles. The van der Waals surface area contributed by atoms with E-state index >= 15 is 0 Å². The zero-order valence-electron chi connectivity index (χ0n) is 12.9. The van der Waals surface area contributed by atoms with Crippen LogP contribution in [0.3, 0.4) is 0 Å². The molecule has 6 heteroatoms. The summed E-state index contributed by atoms with van der Waals surface area (Å²) in [5, 5.41) is 9.12. The van der Waals surface area contributed by atoms with E-state index in [-0.39, 0.29) is 10.5 Å². The Morgan fingerprint density at radius 1 is 1.29 bits per heavy atom. The van der Waals surface area contributed by atoms with Crippen molar-refractivity contribution in [2.45, 2.75) is 32.1 Å². The van der Waals surface area contributed by atoms with Gasteiger partial charge in [-0.3, -0.25) is 0 Å². The second-order valence-electron chi connectivity index (χ2n) is 4.84. The summed E-state index contributed by atoms with van der Waals surface area (Å²) >= 11 is 0. The summed E-state index contributed by atoms with van der Waals surface area (Å²) in [5.74, 6) is 0. The van der Waals surface area contributed by atoms with Gasteiger partial charge in [-0.2, -0.15) is 5.26 Å². The smallest absolute Gasteiger partial charge is 0.241 e. The Bertz CT molecular complexity index is 602. The second kappa shape index (κ2) is 8.13. The molecule has 0 aromatic heterocycles. The van der Waals surface area contributed by atoms with Gasteiger partial charge in [0.2, 0.25) is 10.0 Å². The molecule has 0 unspecified atom stereocenters. The van der Waals surface area contributed by atoms with Gasteiger partial charge in [0.25, 0.3) is 0 Å². The highest BCUT2D eigenvalue weighted by Gasteiger charge is 2.19. The number of nitrogens with zero attached hydrogens (tertiary/aromatic N) is 2. The van der Waals surface area contributed by atoms with Crippen LogP contribution in [0.5, 0.6) is 0 Å². The second-order valence-corrected chi connectivity index (χ2v) is 6.57. The number of benzene rings is 1. The molecular weight excluding hydrogens is 286 g/mol. The summed E-state index contributed by atoms with van der Waals surface area (Å²) in [6, 6.07) is 6.83. The number of hydrogen-bond acceptors (Lipinski definition) is 4. The van der Waals surface area contributed by atoms with Crippen LogP contribution < -0.4 is 4.72 Å². The summed E-state index contributed by atoms with van der Waals surface area (Å²) in [6.07, 6.45) is 0.745. The lowest BCUT2D eigenvalue weighted by atomic mass is 10.1. The topological polar surface area (TPSA) is 73.2 Å². The Balaban J connectivity index is 2.71. The van der Waals surface area contributed by atoms with Gasteiger partial charge in [0.15, 0.2) is 0 Å². The average Bonchev–Trinajstić information content (AvgIpc) is 2.47.